The van der Waals surface area contributed by atoms with E-state index in [1.807, 2.05) is 19.9 Å². The van der Waals surface area contributed by atoms with Crippen molar-refractivity contribution >= 4 is 22.5 Å². The molecule has 2 aliphatic rings. The van der Waals surface area contributed by atoms with Crippen molar-refractivity contribution in [2.24, 2.45) is 0 Å². The summed E-state index contributed by atoms with van der Waals surface area (Å²) in [6, 6.07) is 11.4. The van der Waals surface area contributed by atoms with Crippen LogP contribution in [0.1, 0.15) is 43.5 Å². The second-order valence-corrected chi connectivity index (χ2v) is 10.5. The molecule has 1 amide bonds. The van der Waals surface area contributed by atoms with Gasteiger partial charge in [-0.25, -0.2) is 0 Å². The quantitative estimate of drug-likeness (QED) is 0.353. The van der Waals surface area contributed by atoms with Crippen molar-refractivity contribution in [2.45, 2.75) is 56.5 Å². The van der Waals surface area contributed by atoms with Gasteiger partial charge in [-0.05, 0) is 48.7 Å². The van der Waals surface area contributed by atoms with Crippen molar-refractivity contribution < 1.29 is 38.4 Å². The Morgan fingerprint density at radius 3 is 2.53 bits per heavy atom. The number of nitrogens with zero attached hydrogens (tertiary/aromatic N) is 2. The van der Waals surface area contributed by atoms with Crippen LogP contribution >= 0.6 is 0 Å². The zero-order chi connectivity index (χ0) is 27.5. The Morgan fingerprint density at radius 2 is 1.89 bits per heavy atom. The summed E-state index contributed by atoms with van der Waals surface area (Å²) >= 11 is 0. The molecule has 9 nitrogen and oxygen atoms in total. The summed E-state index contributed by atoms with van der Waals surface area (Å²) in [5, 5.41) is 42.9. The summed E-state index contributed by atoms with van der Waals surface area (Å²) in [4.78, 5) is 13.5. The van der Waals surface area contributed by atoms with Crippen molar-refractivity contribution in [1.29, 1.82) is 5.26 Å². The molecule has 1 saturated carbocycles. The van der Waals surface area contributed by atoms with Crippen molar-refractivity contribution in [3.63, 3.8) is 0 Å². The van der Waals surface area contributed by atoms with Gasteiger partial charge in [-0.3, -0.25) is 4.79 Å². The predicted molar refractivity (Wildman–Crippen MR) is 132 cm³/mol. The molecule has 0 radical (unpaired) electrons. The molecule has 2 heterocycles. The number of aliphatic hydroxyl groups excluding tert-OH is 3. The maximum Gasteiger partial charge on any atom is 0.586 e. The summed E-state index contributed by atoms with van der Waals surface area (Å²) in [7, 11) is 0. The average Bonchev–Trinajstić information content (AvgIpc) is 3.53. The number of hydrogen-bond donors (Lipinski definition) is 4. The zero-order valence-electron chi connectivity index (χ0n) is 20.8. The monoisotopic (exact) mass is 527 g/mol. The van der Waals surface area contributed by atoms with Crippen LogP contribution in [-0.2, 0) is 22.2 Å². The summed E-state index contributed by atoms with van der Waals surface area (Å²) in [6.07, 6.45) is -3.84. The average molecular weight is 528 g/mol. The number of ether oxygens (including phenoxy) is 2. The topological polar surface area (TPSA) is 137 Å². The molecule has 11 heteroatoms. The number of nitriles is 1. The molecular formula is C27H27F2N3O6. The number of anilines is 1. The highest BCUT2D eigenvalue weighted by molar-refractivity contribution is 6.04. The molecule has 2 aromatic carbocycles. The number of aliphatic hydroxyl groups is 3. The van der Waals surface area contributed by atoms with Crippen LogP contribution in [-0.4, -0.2) is 51.4 Å². The number of carbonyl (C=O) groups is 1. The van der Waals surface area contributed by atoms with E-state index in [0.29, 0.717) is 35.0 Å². The number of hydrogen-bond acceptors (Lipinski definition) is 7. The first kappa shape index (κ1) is 25.9. The highest BCUT2D eigenvalue weighted by Crippen LogP contribution is 2.52. The molecule has 1 aliphatic carbocycles. The first-order valence-corrected chi connectivity index (χ1v) is 12.1. The van der Waals surface area contributed by atoms with Crippen molar-refractivity contribution in [3.8, 4) is 17.6 Å². The predicted octanol–water partition coefficient (Wildman–Crippen LogP) is 3.13. The Morgan fingerprint density at radius 1 is 1.18 bits per heavy atom. The van der Waals surface area contributed by atoms with Crippen molar-refractivity contribution in [3.05, 3.63) is 53.2 Å². The lowest BCUT2D eigenvalue weighted by atomic mass is 9.90. The lowest BCUT2D eigenvalue weighted by Gasteiger charge is -2.25. The molecule has 200 valence electrons. The fourth-order valence-electron chi connectivity index (χ4n) is 4.87. The smallest absolute Gasteiger partial charge is 0.395 e. The van der Waals surface area contributed by atoms with Crippen LogP contribution in [0.2, 0.25) is 0 Å². The van der Waals surface area contributed by atoms with Crippen LogP contribution in [0.5, 0.6) is 11.5 Å². The van der Waals surface area contributed by atoms with E-state index in [4.69, 9.17) is 0 Å². The van der Waals surface area contributed by atoms with Crippen molar-refractivity contribution in [1.82, 2.24) is 4.57 Å². The van der Waals surface area contributed by atoms with Crippen molar-refractivity contribution in [2.75, 3.05) is 18.5 Å². The molecule has 0 spiro atoms. The largest absolute Gasteiger partial charge is 0.586 e. The van der Waals surface area contributed by atoms with E-state index >= 15 is 0 Å². The summed E-state index contributed by atoms with van der Waals surface area (Å²) < 4.78 is 37.7. The van der Waals surface area contributed by atoms with Gasteiger partial charge in [-0.1, -0.05) is 19.9 Å². The Hall–Kier alpha value is -3.72. The summed E-state index contributed by atoms with van der Waals surface area (Å²) in [5.41, 5.74) is 0.588. The van der Waals surface area contributed by atoms with Gasteiger partial charge in [-0.2, -0.15) is 5.26 Å². The van der Waals surface area contributed by atoms with Crippen LogP contribution in [0, 0.1) is 11.3 Å². The first-order valence-electron chi connectivity index (χ1n) is 12.1. The third kappa shape index (κ3) is 4.34. The number of benzene rings is 2. The molecule has 0 bridgehead atoms. The van der Waals surface area contributed by atoms with E-state index in [9.17, 15) is 34.2 Å². The van der Waals surface area contributed by atoms with E-state index in [1.54, 1.807) is 22.8 Å². The molecule has 1 aromatic heterocycles. The fourth-order valence-corrected chi connectivity index (χ4v) is 4.87. The number of fused-ring (bicyclic) bond motifs is 2. The van der Waals surface area contributed by atoms with E-state index in [1.165, 1.54) is 12.1 Å². The van der Waals surface area contributed by atoms with Gasteiger partial charge in [-0.15, -0.1) is 8.78 Å². The fraction of sp³-hybridized carbons (Fsp3) is 0.407. The number of alkyl halides is 2. The van der Waals surface area contributed by atoms with Gasteiger partial charge in [0.1, 0.15) is 6.07 Å². The van der Waals surface area contributed by atoms with Crippen LogP contribution in [0.3, 0.4) is 0 Å². The minimum Gasteiger partial charge on any atom is -0.395 e. The third-order valence-electron chi connectivity index (χ3n) is 7.24. The number of nitrogens with one attached hydrogen (secondary N) is 1. The van der Waals surface area contributed by atoms with Gasteiger partial charge in [0.25, 0.3) is 0 Å². The molecule has 38 heavy (non-hydrogen) atoms. The van der Waals surface area contributed by atoms with E-state index < -0.39 is 29.8 Å². The van der Waals surface area contributed by atoms with Gasteiger partial charge in [0, 0.05) is 22.0 Å². The Balaban J connectivity index is 1.50. The highest BCUT2D eigenvalue weighted by atomic mass is 19.3. The summed E-state index contributed by atoms with van der Waals surface area (Å²) in [5.74, 6) is -0.634. The maximum absolute atomic E-state index is 13.5. The Labute approximate surface area is 216 Å². The summed E-state index contributed by atoms with van der Waals surface area (Å²) in [6.45, 7) is 3.06. The normalized spacial score (nSPS) is 17.7. The first-order chi connectivity index (χ1) is 17.9. The van der Waals surface area contributed by atoms with Gasteiger partial charge >= 0.3 is 6.29 Å². The molecule has 3 aromatic rings. The maximum atomic E-state index is 13.5. The van der Waals surface area contributed by atoms with Crippen LogP contribution in [0.25, 0.3) is 10.9 Å². The molecule has 4 N–H and O–H groups in total. The standard InChI is InChI=1S/C27H27F2N3O6/c1-25(2,14-34)23-9-15-7-19(16(11-30)8-20(15)32(23)12-18(35)13-33)31-24(36)26(5-6-26)17-3-4-21-22(10-17)38-27(28,29)37-21/h3-4,7-10,18,33-35H,5-6,12-14H2,1-2H3,(H,31,36)/t18-/m1/s1. The van der Waals surface area contributed by atoms with Crippen LogP contribution in [0.15, 0.2) is 36.4 Å². The van der Waals surface area contributed by atoms with Crippen LogP contribution < -0.4 is 14.8 Å². The molecule has 0 unspecified atom stereocenters. The zero-order valence-corrected chi connectivity index (χ0v) is 20.8. The highest BCUT2D eigenvalue weighted by Gasteiger charge is 2.53. The van der Waals surface area contributed by atoms with Crippen LogP contribution in [0.4, 0.5) is 14.5 Å². The molecule has 5 rings (SSSR count). The third-order valence-corrected chi connectivity index (χ3v) is 7.24. The van der Waals surface area contributed by atoms with E-state index in [2.05, 4.69) is 20.9 Å². The van der Waals surface area contributed by atoms with Gasteiger partial charge < -0.3 is 34.7 Å². The molecule has 1 atom stereocenters. The van der Waals surface area contributed by atoms with Gasteiger partial charge in [0.2, 0.25) is 5.91 Å². The number of carbonyl (C=O) groups excluding carboxylic acids is 1. The second-order valence-electron chi connectivity index (χ2n) is 10.5. The Kier molecular flexibility index (Phi) is 6.10. The number of aromatic nitrogens is 1. The van der Waals surface area contributed by atoms with Gasteiger partial charge in [0.15, 0.2) is 11.5 Å². The number of rotatable bonds is 8. The Bertz CT molecular complexity index is 1470. The number of halogens is 2. The molecule has 1 fully saturated rings. The minimum absolute atomic E-state index is 0.0433. The number of amides is 1. The van der Waals surface area contributed by atoms with E-state index in [0.717, 1.165) is 0 Å². The van der Waals surface area contributed by atoms with E-state index in [-0.39, 0.29) is 41.8 Å². The lowest BCUT2D eigenvalue weighted by molar-refractivity contribution is -0.286. The molecule has 0 saturated heterocycles. The SMILES string of the molecule is CC(C)(CO)c1cc2cc(NC(=O)C3(c4ccc5c(c4)OC(F)(F)O5)CC3)c(C#N)cc2n1C[C@@H](O)CO. The minimum atomic E-state index is -3.76. The second kappa shape index (κ2) is 8.94. The van der Waals surface area contributed by atoms with Gasteiger partial charge in [0.05, 0.1) is 42.5 Å². The lowest BCUT2D eigenvalue weighted by Crippen LogP contribution is -2.29. The molecule has 1 aliphatic heterocycles. The molecular weight excluding hydrogens is 500 g/mol.